The molecule has 16 unspecified atom stereocenters. The Hall–Kier alpha value is -7.92. The van der Waals surface area contributed by atoms with Gasteiger partial charge in [0.2, 0.25) is 11.9 Å². The van der Waals surface area contributed by atoms with Gasteiger partial charge in [-0.25, -0.2) is 31.5 Å². The second kappa shape index (κ2) is 41.5. The summed E-state index contributed by atoms with van der Waals surface area (Å²) >= 11 is 0. The Labute approximate surface area is 699 Å². The van der Waals surface area contributed by atoms with Crippen LogP contribution in [0.2, 0.25) is 0 Å². The molecular formula is C91H125F11O18. The highest BCUT2D eigenvalue weighted by Crippen LogP contribution is 2.63. The summed E-state index contributed by atoms with van der Waals surface area (Å²) in [5.74, 6) is -15.8. The summed E-state index contributed by atoms with van der Waals surface area (Å²) < 4.78 is 194. The van der Waals surface area contributed by atoms with E-state index in [2.05, 4.69) is 103 Å². The molecule has 18 nitrogen and oxygen atoms in total. The predicted octanol–water partition coefficient (Wildman–Crippen LogP) is 21.8. The molecular weight excluding hydrogens is 1590 g/mol. The fraction of sp³-hybridized carbons (Fsp3) is 0.659. The molecule has 4 saturated heterocycles. The molecule has 6 aliphatic rings. The molecule has 4 heterocycles. The number of alkyl halides is 6. The molecule has 0 aromatic heterocycles. The van der Waals surface area contributed by atoms with Crippen molar-refractivity contribution in [3.63, 3.8) is 0 Å². The van der Waals surface area contributed by atoms with Crippen LogP contribution in [0.4, 0.5) is 48.3 Å². The van der Waals surface area contributed by atoms with E-state index in [1.165, 1.54) is 73.6 Å². The van der Waals surface area contributed by atoms with E-state index in [-0.39, 0.29) is 40.1 Å². The lowest BCUT2D eigenvalue weighted by molar-refractivity contribution is -0.232. The van der Waals surface area contributed by atoms with Crippen LogP contribution in [0, 0.1) is 68.5 Å². The number of unbranched alkanes of at least 4 members (excludes halogenated alkanes) is 1. The van der Waals surface area contributed by atoms with Gasteiger partial charge in [-0.1, -0.05) is 172 Å². The second-order valence-electron chi connectivity index (χ2n) is 35.6. The molecule has 4 aromatic rings. The zero-order valence-corrected chi connectivity index (χ0v) is 73.7. The number of esters is 7. The molecule has 120 heavy (non-hydrogen) atoms. The molecule has 674 valence electrons. The van der Waals surface area contributed by atoms with Gasteiger partial charge in [0.15, 0.2) is 65.2 Å². The largest absolute Gasteiger partial charge is 0.508 e. The number of benzene rings is 4. The van der Waals surface area contributed by atoms with Crippen molar-refractivity contribution in [3.8, 4) is 5.75 Å². The fourth-order valence-corrected chi connectivity index (χ4v) is 13.5. The Morgan fingerprint density at radius 2 is 1.04 bits per heavy atom. The molecule has 2 bridgehead atoms. The zero-order valence-electron chi connectivity index (χ0n) is 73.7. The maximum absolute atomic E-state index is 13.1. The van der Waals surface area contributed by atoms with Crippen LogP contribution >= 0.6 is 0 Å². The van der Waals surface area contributed by atoms with Crippen molar-refractivity contribution < 1.29 is 134 Å². The third-order valence-corrected chi connectivity index (χ3v) is 24.4. The van der Waals surface area contributed by atoms with Crippen molar-refractivity contribution in [2.45, 2.75) is 339 Å². The minimum absolute atomic E-state index is 0.0269. The third-order valence-electron chi connectivity index (χ3n) is 24.4. The maximum Gasteiger partial charge on any atom is 0.425 e. The first-order valence-electron chi connectivity index (χ1n) is 41.5. The highest BCUT2D eigenvalue weighted by molar-refractivity contribution is 6.03. The molecule has 4 aliphatic heterocycles. The highest BCUT2D eigenvalue weighted by atomic mass is 19.4. The van der Waals surface area contributed by atoms with E-state index >= 15 is 0 Å². The van der Waals surface area contributed by atoms with Gasteiger partial charge in [0.05, 0.1) is 28.4 Å². The summed E-state index contributed by atoms with van der Waals surface area (Å²) in [5, 5.41) is 9.10. The van der Waals surface area contributed by atoms with E-state index in [4.69, 9.17) is 43.0 Å². The summed E-state index contributed by atoms with van der Waals surface area (Å²) in [6.07, 6.45) is -10.6. The molecule has 0 radical (unpaired) electrons. The second-order valence-corrected chi connectivity index (χ2v) is 35.6. The summed E-state index contributed by atoms with van der Waals surface area (Å²) in [5.41, 5.74) is 0.709. The highest BCUT2D eigenvalue weighted by Gasteiger charge is 2.76. The van der Waals surface area contributed by atoms with Crippen LogP contribution in [0.15, 0.2) is 72.8 Å². The number of fused-ring (bicyclic) bond motifs is 4. The Balaban J connectivity index is 0.000000270. The summed E-state index contributed by atoms with van der Waals surface area (Å²) in [6.45, 7) is 45.4. The van der Waals surface area contributed by atoms with Gasteiger partial charge >= 0.3 is 54.1 Å². The quantitative estimate of drug-likeness (QED) is 0.0162. The van der Waals surface area contributed by atoms with Crippen molar-refractivity contribution >= 4 is 41.8 Å². The lowest BCUT2D eigenvalue weighted by atomic mass is 9.73. The van der Waals surface area contributed by atoms with E-state index in [0.29, 0.717) is 55.4 Å². The lowest BCUT2D eigenvalue weighted by Gasteiger charge is -2.33. The molecule has 6 fully saturated rings. The normalized spacial score (nSPS) is 24.0. The number of carbonyl (C=O) groups excluding carboxylic acids is 7. The number of hydrogen-bond acceptors (Lipinski definition) is 18. The van der Waals surface area contributed by atoms with Gasteiger partial charge in [0, 0.05) is 23.0 Å². The summed E-state index contributed by atoms with van der Waals surface area (Å²) in [6, 6.07) is 22.0. The Morgan fingerprint density at radius 3 is 1.52 bits per heavy atom. The number of phenolic OH excluding ortho intramolecular Hbond substituents is 1. The van der Waals surface area contributed by atoms with Crippen LogP contribution in [0.1, 0.15) is 293 Å². The number of halogens is 11. The van der Waals surface area contributed by atoms with Crippen molar-refractivity contribution in [2.24, 2.45) is 39.4 Å². The van der Waals surface area contributed by atoms with E-state index in [0.717, 1.165) is 33.1 Å². The average Bonchev–Trinajstić information content (AvgIpc) is 1.53. The third kappa shape index (κ3) is 24.7. The van der Waals surface area contributed by atoms with Crippen LogP contribution in [0.25, 0.3) is 0 Å². The summed E-state index contributed by atoms with van der Waals surface area (Å²) in [7, 11) is 0. The number of rotatable bonds is 25. The first-order valence-corrected chi connectivity index (χ1v) is 41.5. The standard InChI is InChI=1S/C24H27F3O9.C18H23F3O6.C14H28O2.C14H22.C11H16O.C10H9F5/c1-6-22(3,4)21(30)34-16-14-15(32-19(16)29)17-20(33-14)36-23(5,35-17)13-9-7-12(8-10-13)18(28)31-11(2)24(25,26)27;1-5-16(3,4)13(22)26-11-9-6-10-12(11)27-15(24)17(10,7-9)14(23)25-8(2)18(19,20)21;1-6-9-10-12(7-2)11-16-13(15)14(4,5)8-3;1-6-11(2)12-7-9-13(10-8-12)14(3,4)5;1-4-11(2,3)9-5-7-10(12)8-6-9;1-3-4(2)5-6(11)8(13)10(15)9(14)7(5)12/h7-11,14-17,20H,6H2,1-5H3;8-12H,5-7H2,1-4H3;12H,6-11H2,1-5H3;7-11H,6H2,1-5H3;5-8,12H,4H2,1-3H3;4H,3H2,1-2H3. The van der Waals surface area contributed by atoms with Crippen molar-refractivity contribution in [1.29, 1.82) is 0 Å². The van der Waals surface area contributed by atoms with Gasteiger partial charge in [0.25, 0.3) is 0 Å². The van der Waals surface area contributed by atoms with Gasteiger partial charge in [-0.15, -0.1) is 0 Å². The Bertz CT molecular complexity index is 4070. The molecule has 0 amide bonds. The lowest BCUT2D eigenvalue weighted by Crippen LogP contribution is -2.48. The molecule has 1 N–H and O–H groups in total. The SMILES string of the molecule is CCC(C)(C)C(=O)OC1C(=O)OC2C3OC(C)(c4ccc(C(=O)OC(C)C(F)(F)F)cc4)OC3OC12.CCC(C)(C)C(=O)OC1C2CC3C1OC(=O)C3(C(=O)OC(C)C(F)(F)F)C2.CCC(C)(C)c1ccc(O)cc1.CCC(C)c1c(F)c(F)c(F)c(F)c1F.CCC(C)c1ccc(C(C)(C)C)cc1.CCCCC(CC)COC(=O)C(C)(C)CC. The number of phenols is 1. The Kier molecular flexibility index (Phi) is 35.5. The molecule has 2 aliphatic carbocycles. The van der Waals surface area contributed by atoms with Gasteiger partial charge in [-0.2, -0.15) is 26.3 Å². The predicted molar refractivity (Wildman–Crippen MR) is 426 cm³/mol. The number of carbonyl (C=O) groups is 7. The minimum atomic E-state index is -4.71. The van der Waals surface area contributed by atoms with E-state index in [1.54, 1.807) is 53.7 Å². The molecule has 4 aromatic carbocycles. The number of ether oxygens (including phenoxy) is 10. The van der Waals surface area contributed by atoms with E-state index in [9.17, 15) is 81.9 Å². The molecule has 0 spiro atoms. The average molecular weight is 1720 g/mol. The van der Waals surface area contributed by atoms with Crippen molar-refractivity contribution in [2.75, 3.05) is 6.61 Å². The van der Waals surface area contributed by atoms with Crippen molar-refractivity contribution in [1.82, 2.24) is 0 Å². The molecule has 2 saturated carbocycles. The van der Waals surface area contributed by atoms with Crippen molar-refractivity contribution in [3.05, 3.63) is 135 Å². The molecule has 29 heteroatoms. The summed E-state index contributed by atoms with van der Waals surface area (Å²) in [4.78, 5) is 86.0. The van der Waals surface area contributed by atoms with Gasteiger partial charge < -0.3 is 52.5 Å². The van der Waals surface area contributed by atoms with Crippen LogP contribution in [0.5, 0.6) is 5.75 Å². The minimum Gasteiger partial charge on any atom is -0.508 e. The fourth-order valence-electron chi connectivity index (χ4n) is 13.5. The molecule has 16 atom stereocenters. The monoisotopic (exact) mass is 1710 g/mol. The number of hydrogen-bond donors (Lipinski definition) is 1. The van der Waals surface area contributed by atoms with Crippen LogP contribution in [-0.4, -0.2) is 121 Å². The smallest absolute Gasteiger partial charge is 0.425 e. The van der Waals surface area contributed by atoms with E-state index < -0.39 is 172 Å². The van der Waals surface area contributed by atoms with E-state index in [1.807, 2.05) is 46.8 Å². The van der Waals surface area contributed by atoms with Gasteiger partial charge in [-0.05, 0) is 190 Å². The first-order chi connectivity index (χ1) is 55.4. The van der Waals surface area contributed by atoms with Gasteiger partial charge in [-0.3, -0.25) is 24.0 Å². The maximum atomic E-state index is 13.1. The zero-order chi connectivity index (χ0) is 91.3. The van der Waals surface area contributed by atoms with Gasteiger partial charge in [0.1, 0.15) is 24.1 Å². The Morgan fingerprint density at radius 1 is 0.550 bits per heavy atom. The number of aromatic hydroxyl groups is 1. The van der Waals surface area contributed by atoms with Crippen LogP contribution < -0.4 is 0 Å². The molecule has 10 rings (SSSR count). The van der Waals surface area contributed by atoms with Crippen LogP contribution in [-0.2, 0) is 92.8 Å². The topological polar surface area (TPSA) is 232 Å². The first kappa shape index (κ1) is 103. The van der Waals surface area contributed by atoms with Crippen LogP contribution in [0.3, 0.4) is 0 Å².